The first-order valence-corrected chi connectivity index (χ1v) is 10.5. The van der Waals surface area contributed by atoms with Gasteiger partial charge in [-0.15, -0.1) is 0 Å². The lowest BCUT2D eigenvalue weighted by Crippen LogP contribution is -2.28. The fourth-order valence-electron chi connectivity index (χ4n) is 3.45. The van der Waals surface area contributed by atoms with Crippen molar-refractivity contribution in [2.24, 2.45) is 0 Å². The molecule has 0 saturated heterocycles. The largest absolute Gasteiger partial charge is 0.355 e. The fraction of sp³-hybridized carbons (Fsp3) is 0.391. The van der Waals surface area contributed by atoms with Gasteiger partial charge in [-0.2, -0.15) is 0 Å². The third-order valence-corrected chi connectivity index (χ3v) is 5.32. The summed E-state index contributed by atoms with van der Waals surface area (Å²) in [6.07, 6.45) is 5.90. The van der Waals surface area contributed by atoms with E-state index < -0.39 is 0 Å². The van der Waals surface area contributed by atoms with E-state index in [1.807, 2.05) is 30.3 Å². The number of nitrogens with one attached hydrogen (secondary N) is 1. The van der Waals surface area contributed by atoms with Gasteiger partial charge in [0.25, 0.3) is 0 Å². The molecule has 0 aliphatic carbocycles. The minimum Gasteiger partial charge on any atom is -0.355 e. The van der Waals surface area contributed by atoms with Gasteiger partial charge in [-0.05, 0) is 30.2 Å². The molecule has 0 saturated carbocycles. The lowest BCUT2D eigenvalue weighted by molar-refractivity contribution is -0.120. The van der Waals surface area contributed by atoms with Crippen molar-refractivity contribution in [2.75, 3.05) is 6.54 Å². The number of amides is 1. The van der Waals surface area contributed by atoms with E-state index >= 15 is 0 Å². The smallest absolute Gasteiger partial charge is 0.224 e. The lowest BCUT2D eigenvalue weighted by Gasteiger charge is -2.10. The summed E-state index contributed by atoms with van der Waals surface area (Å²) in [4.78, 5) is 17.1. The van der Waals surface area contributed by atoms with Crippen molar-refractivity contribution in [1.82, 2.24) is 14.9 Å². The molecule has 0 aliphatic rings. The number of unbranched alkanes of at least 4 members (excludes halogenated alkanes) is 3. The molecule has 0 atom stereocenters. The van der Waals surface area contributed by atoms with Crippen LogP contribution in [0.25, 0.3) is 11.0 Å². The Balaban J connectivity index is 1.60. The first-order valence-electron chi connectivity index (χ1n) is 10.1. The van der Waals surface area contributed by atoms with Crippen LogP contribution in [0.4, 0.5) is 0 Å². The maximum Gasteiger partial charge on any atom is 0.224 e. The Morgan fingerprint density at radius 2 is 1.86 bits per heavy atom. The number of fused-ring (bicyclic) bond motifs is 1. The highest BCUT2D eigenvalue weighted by Crippen LogP contribution is 2.18. The van der Waals surface area contributed by atoms with Crippen molar-refractivity contribution < 1.29 is 4.79 Å². The van der Waals surface area contributed by atoms with Gasteiger partial charge in [-0.3, -0.25) is 4.79 Å². The SMILES string of the molecule is CCCCCCn1c(CCNC(=O)Cc2ccccc2Cl)nc2ccccc21. The Labute approximate surface area is 171 Å². The Morgan fingerprint density at radius 1 is 1.07 bits per heavy atom. The first-order chi connectivity index (χ1) is 13.7. The maximum absolute atomic E-state index is 12.3. The summed E-state index contributed by atoms with van der Waals surface area (Å²) in [5, 5.41) is 3.63. The Bertz CT molecular complexity index is 919. The van der Waals surface area contributed by atoms with Gasteiger partial charge in [-0.25, -0.2) is 4.98 Å². The molecule has 2 aromatic carbocycles. The molecule has 1 heterocycles. The molecule has 0 bridgehead atoms. The highest BCUT2D eigenvalue weighted by atomic mass is 35.5. The summed E-state index contributed by atoms with van der Waals surface area (Å²) in [5.74, 6) is 1.02. The highest BCUT2D eigenvalue weighted by Gasteiger charge is 2.11. The summed E-state index contributed by atoms with van der Waals surface area (Å²) in [5.41, 5.74) is 3.05. The zero-order valence-corrected chi connectivity index (χ0v) is 17.2. The molecule has 0 spiro atoms. The maximum atomic E-state index is 12.3. The molecular formula is C23H28ClN3O. The third-order valence-electron chi connectivity index (χ3n) is 4.95. The van der Waals surface area contributed by atoms with Crippen LogP contribution in [0.5, 0.6) is 0 Å². The van der Waals surface area contributed by atoms with Gasteiger partial charge in [0, 0.05) is 24.5 Å². The van der Waals surface area contributed by atoms with E-state index in [1.165, 1.54) is 24.8 Å². The molecule has 0 unspecified atom stereocenters. The van der Waals surface area contributed by atoms with Gasteiger partial charge in [0.2, 0.25) is 5.91 Å². The van der Waals surface area contributed by atoms with Gasteiger partial charge in [0.1, 0.15) is 5.82 Å². The van der Waals surface area contributed by atoms with E-state index in [1.54, 1.807) is 0 Å². The van der Waals surface area contributed by atoms with E-state index in [4.69, 9.17) is 16.6 Å². The predicted octanol–water partition coefficient (Wildman–Crippen LogP) is 5.17. The molecule has 0 aliphatic heterocycles. The molecule has 1 N–H and O–H groups in total. The van der Waals surface area contributed by atoms with Crippen LogP contribution in [0.1, 0.15) is 44.0 Å². The van der Waals surface area contributed by atoms with E-state index in [0.717, 1.165) is 36.3 Å². The van der Waals surface area contributed by atoms with Crippen LogP contribution in [-0.2, 0) is 24.2 Å². The minimum absolute atomic E-state index is 0.0151. The number of benzene rings is 2. The zero-order chi connectivity index (χ0) is 19.8. The second-order valence-corrected chi connectivity index (χ2v) is 7.50. The molecule has 3 aromatic rings. The number of hydrogen-bond acceptors (Lipinski definition) is 2. The average molecular weight is 398 g/mol. The van der Waals surface area contributed by atoms with Crippen LogP contribution < -0.4 is 5.32 Å². The van der Waals surface area contributed by atoms with E-state index in [0.29, 0.717) is 18.0 Å². The number of nitrogens with zero attached hydrogens (tertiary/aromatic N) is 2. The van der Waals surface area contributed by atoms with E-state index in [9.17, 15) is 4.79 Å². The quantitative estimate of drug-likeness (QED) is 0.479. The molecule has 1 amide bonds. The second-order valence-electron chi connectivity index (χ2n) is 7.10. The van der Waals surface area contributed by atoms with Crippen LogP contribution in [0.2, 0.25) is 5.02 Å². The van der Waals surface area contributed by atoms with Crippen LogP contribution in [0.3, 0.4) is 0 Å². The summed E-state index contributed by atoms with van der Waals surface area (Å²) >= 11 is 6.14. The van der Waals surface area contributed by atoms with Crippen molar-refractivity contribution in [1.29, 1.82) is 0 Å². The zero-order valence-electron chi connectivity index (χ0n) is 16.5. The molecule has 28 heavy (non-hydrogen) atoms. The van der Waals surface area contributed by atoms with Crippen LogP contribution in [0, 0.1) is 0 Å². The number of halogens is 1. The topological polar surface area (TPSA) is 46.9 Å². The molecule has 0 radical (unpaired) electrons. The average Bonchev–Trinajstić information content (AvgIpc) is 3.04. The standard InChI is InChI=1S/C23H28ClN3O/c1-2-3-4-9-16-27-21-13-8-7-12-20(21)26-22(27)14-15-25-23(28)17-18-10-5-6-11-19(18)24/h5-8,10-13H,2-4,9,14-17H2,1H3,(H,25,28). The van der Waals surface area contributed by atoms with Crippen LogP contribution in [-0.4, -0.2) is 22.0 Å². The highest BCUT2D eigenvalue weighted by molar-refractivity contribution is 6.31. The number of carbonyl (C=O) groups excluding carboxylic acids is 1. The third kappa shape index (κ3) is 5.35. The van der Waals surface area contributed by atoms with Gasteiger partial charge in [-0.1, -0.05) is 68.1 Å². The number of para-hydroxylation sites is 2. The fourth-order valence-corrected chi connectivity index (χ4v) is 3.66. The van der Waals surface area contributed by atoms with Gasteiger partial charge in [0.05, 0.1) is 17.5 Å². The van der Waals surface area contributed by atoms with Gasteiger partial charge < -0.3 is 9.88 Å². The van der Waals surface area contributed by atoms with Crippen molar-refractivity contribution >= 4 is 28.5 Å². The van der Waals surface area contributed by atoms with E-state index in [-0.39, 0.29) is 5.91 Å². The van der Waals surface area contributed by atoms with Crippen molar-refractivity contribution in [3.63, 3.8) is 0 Å². The van der Waals surface area contributed by atoms with Crippen LogP contribution >= 0.6 is 11.6 Å². The molecule has 3 rings (SSSR count). The number of aryl methyl sites for hydroxylation is 1. The summed E-state index contributed by atoms with van der Waals surface area (Å²) < 4.78 is 2.31. The van der Waals surface area contributed by atoms with E-state index in [2.05, 4.69) is 35.0 Å². The number of imidazole rings is 1. The lowest BCUT2D eigenvalue weighted by atomic mass is 10.1. The number of rotatable bonds is 10. The van der Waals surface area contributed by atoms with Crippen molar-refractivity contribution in [3.8, 4) is 0 Å². The first kappa shape index (κ1) is 20.4. The minimum atomic E-state index is -0.0151. The molecule has 0 fully saturated rings. The summed E-state index contributed by atoms with van der Waals surface area (Å²) in [6.45, 7) is 3.77. The second kappa shape index (κ2) is 10.3. The molecule has 5 heteroatoms. The number of aromatic nitrogens is 2. The van der Waals surface area contributed by atoms with Gasteiger partial charge >= 0.3 is 0 Å². The Morgan fingerprint density at radius 3 is 2.68 bits per heavy atom. The molecular weight excluding hydrogens is 370 g/mol. The Hall–Kier alpha value is -2.33. The Kier molecular flexibility index (Phi) is 7.49. The molecule has 1 aromatic heterocycles. The predicted molar refractivity (Wildman–Crippen MR) is 116 cm³/mol. The van der Waals surface area contributed by atoms with Crippen molar-refractivity contribution in [3.05, 3.63) is 64.9 Å². The van der Waals surface area contributed by atoms with Crippen molar-refractivity contribution in [2.45, 2.75) is 52.0 Å². The monoisotopic (exact) mass is 397 g/mol. The number of hydrogen-bond donors (Lipinski definition) is 1. The normalized spacial score (nSPS) is 11.1. The van der Waals surface area contributed by atoms with Gasteiger partial charge in [0.15, 0.2) is 0 Å². The summed E-state index contributed by atoms with van der Waals surface area (Å²) in [6, 6.07) is 15.7. The summed E-state index contributed by atoms with van der Waals surface area (Å²) in [7, 11) is 0. The molecule has 148 valence electrons. The molecule has 4 nitrogen and oxygen atoms in total. The van der Waals surface area contributed by atoms with Crippen LogP contribution in [0.15, 0.2) is 48.5 Å². The number of carbonyl (C=O) groups is 1.